The molecule has 1 fully saturated rings. The molecule has 0 aromatic heterocycles. The number of hydrogen-bond acceptors (Lipinski definition) is 3. The van der Waals surface area contributed by atoms with E-state index >= 15 is 0 Å². The topological polar surface area (TPSA) is 35.6 Å². The summed E-state index contributed by atoms with van der Waals surface area (Å²) in [4.78, 5) is 16.3. The number of rotatable bonds is 4. The van der Waals surface area contributed by atoms with Gasteiger partial charge in [0.05, 0.1) is 12.2 Å². The van der Waals surface area contributed by atoms with Crippen molar-refractivity contribution >= 4 is 28.9 Å². The molecule has 4 nitrogen and oxygen atoms in total. The molecule has 1 amide bonds. The van der Waals surface area contributed by atoms with Crippen molar-refractivity contribution in [3.05, 3.63) is 59.1 Å². The van der Waals surface area contributed by atoms with Crippen LogP contribution in [0.5, 0.6) is 0 Å². The summed E-state index contributed by atoms with van der Waals surface area (Å²) in [6, 6.07) is 10.4. The average molecular weight is 366 g/mol. The largest absolute Gasteiger partial charge is 0.369 e. The van der Waals surface area contributed by atoms with Crippen molar-refractivity contribution in [2.45, 2.75) is 0 Å². The highest BCUT2D eigenvalue weighted by Crippen LogP contribution is 2.20. The third kappa shape index (κ3) is 4.67. The predicted octanol–water partition coefficient (Wildman–Crippen LogP) is 3.38. The second kappa shape index (κ2) is 7.80. The number of nitrogens with one attached hydrogen (secondary N) is 1. The van der Waals surface area contributed by atoms with Gasteiger partial charge in [0.25, 0.3) is 0 Å². The fourth-order valence-corrected chi connectivity index (χ4v) is 2.97. The van der Waals surface area contributed by atoms with Gasteiger partial charge in [0.1, 0.15) is 11.6 Å². The first kappa shape index (κ1) is 17.6. The predicted molar refractivity (Wildman–Crippen MR) is 95.1 cm³/mol. The maximum Gasteiger partial charge on any atom is 0.238 e. The van der Waals surface area contributed by atoms with Gasteiger partial charge in [-0.2, -0.15) is 0 Å². The number of amides is 1. The summed E-state index contributed by atoms with van der Waals surface area (Å²) in [6.45, 7) is 3.06. The lowest BCUT2D eigenvalue weighted by Crippen LogP contribution is -2.48. The van der Waals surface area contributed by atoms with Crippen LogP contribution in [0.25, 0.3) is 0 Å². The van der Waals surface area contributed by atoms with Crippen LogP contribution in [0.2, 0.25) is 5.02 Å². The number of halogens is 3. The SMILES string of the molecule is O=C(CN1CCN(c2ccc(F)cc2)CC1)Nc1cc(Cl)ccc1F. The summed E-state index contributed by atoms with van der Waals surface area (Å²) >= 11 is 5.82. The molecule has 2 aromatic carbocycles. The number of hydrogen-bond donors (Lipinski definition) is 1. The van der Waals surface area contributed by atoms with Gasteiger partial charge in [0, 0.05) is 36.9 Å². The fourth-order valence-electron chi connectivity index (χ4n) is 2.80. The third-order valence-electron chi connectivity index (χ3n) is 4.13. The van der Waals surface area contributed by atoms with Gasteiger partial charge in [-0.15, -0.1) is 0 Å². The van der Waals surface area contributed by atoms with E-state index in [1.54, 1.807) is 12.1 Å². The first-order valence-electron chi connectivity index (χ1n) is 7.99. The minimum atomic E-state index is -0.515. The Hall–Kier alpha value is -2.18. The summed E-state index contributed by atoms with van der Waals surface area (Å²) in [7, 11) is 0. The molecule has 25 heavy (non-hydrogen) atoms. The van der Waals surface area contributed by atoms with Gasteiger partial charge in [-0.05, 0) is 42.5 Å². The number of benzene rings is 2. The molecule has 0 atom stereocenters. The van der Waals surface area contributed by atoms with Crippen molar-refractivity contribution in [2.24, 2.45) is 0 Å². The summed E-state index contributed by atoms with van der Waals surface area (Å²) in [6.07, 6.45) is 0. The van der Waals surface area contributed by atoms with Gasteiger partial charge < -0.3 is 10.2 Å². The molecule has 0 bridgehead atoms. The molecule has 1 heterocycles. The zero-order valence-corrected chi connectivity index (χ0v) is 14.3. The van der Waals surface area contributed by atoms with Crippen LogP contribution >= 0.6 is 11.6 Å². The van der Waals surface area contributed by atoms with Crippen LogP contribution in [0.4, 0.5) is 20.2 Å². The Kier molecular flexibility index (Phi) is 5.50. The van der Waals surface area contributed by atoms with E-state index in [4.69, 9.17) is 11.6 Å². The lowest BCUT2D eigenvalue weighted by Gasteiger charge is -2.35. The summed E-state index contributed by atoms with van der Waals surface area (Å²) in [5.74, 6) is -1.05. The zero-order chi connectivity index (χ0) is 17.8. The van der Waals surface area contributed by atoms with E-state index < -0.39 is 5.82 Å². The zero-order valence-electron chi connectivity index (χ0n) is 13.5. The minimum absolute atomic E-state index is 0.0856. The van der Waals surface area contributed by atoms with E-state index in [1.807, 2.05) is 4.90 Å². The molecule has 1 aliphatic rings. The highest BCUT2D eigenvalue weighted by atomic mass is 35.5. The van der Waals surface area contributed by atoms with Gasteiger partial charge in [-0.1, -0.05) is 11.6 Å². The van der Waals surface area contributed by atoms with Crippen LogP contribution < -0.4 is 10.2 Å². The van der Waals surface area contributed by atoms with Crippen molar-refractivity contribution < 1.29 is 13.6 Å². The molecule has 7 heteroatoms. The number of carbonyl (C=O) groups excluding carboxylic acids is 1. The molecule has 0 saturated carbocycles. The lowest BCUT2D eigenvalue weighted by molar-refractivity contribution is -0.117. The van der Waals surface area contributed by atoms with Gasteiger partial charge in [0.2, 0.25) is 5.91 Å². The standard InChI is InChI=1S/C18H18ClF2N3O/c19-13-1-6-16(21)17(11-13)22-18(25)12-23-7-9-24(10-8-23)15-4-2-14(20)3-5-15/h1-6,11H,7-10,12H2,(H,22,25). The molecule has 132 valence electrons. The molecule has 1 N–H and O–H groups in total. The summed E-state index contributed by atoms with van der Waals surface area (Å²) in [5.41, 5.74) is 1.05. The van der Waals surface area contributed by atoms with Crippen LogP contribution in [0.3, 0.4) is 0 Å². The Morgan fingerprint density at radius 3 is 2.40 bits per heavy atom. The third-order valence-corrected chi connectivity index (χ3v) is 4.37. The second-order valence-corrected chi connectivity index (χ2v) is 6.35. The molecule has 0 unspecified atom stereocenters. The van der Waals surface area contributed by atoms with Gasteiger partial charge >= 0.3 is 0 Å². The normalized spacial score (nSPS) is 15.2. The molecular formula is C18H18ClF2N3O. The Bertz CT molecular complexity index is 746. The molecule has 0 aliphatic carbocycles. The Morgan fingerprint density at radius 2 is 1.72 bits per heavy atom. The van der Waals surface area contributed by atoms with Crippen molar-refractivity contribution in [2.75, 3.05) is 42.9 Å². The minimum Gasteiger partial charge on any atom is -0.369 e. The molecule has 1 aliphatic heterocycles. The number of piperazine rings is 1. The maximum absolute atomic E-state index is 13.7. The number of nitrogens with zero attached hydrogens (tertiary/aromatic N) is 2. The Balaban J connectivity index is 1.51. The highest BCUT2D eigenvalue weighted by molar-refractivity contribution is 6.30. The van der Waals surface area contributed by atoms with Crippen LogP contribution in [0.1, 0.15) is 0 Å². The van der Waals surface area contributed by atoms with Crippen molar-refractivity contribution in [1.82, 2.24) is 4.90 Å². The molecular weight excluding hydrogens is 348 g/mol. The first-order valence-corrected chi connectivity index (χ1v) is 8.37. The van der Waals surface area contributed by atoms with Crippen molar-refractivity contribution in [3.8, 4) is 0 Å². The van der Waals surface area contributed by atoms with E-state index in [9.17, 15) is 13.6 Å². The fraction of sp³-hybridized carbons (Fsp3) is 0.278. The number of carbonyl (C=O) groups is 1. The lowest BCUT2D eigenvalue weighted by atomic mass is 10.2. The van der Waals surface area contributed by atoms with E-state index in [-0.39, 0.29) is 24.0 Å². The maximum atomic E-state index is 13.7. The van der Waals surface area contributed by atoms with Gasteiger partial charge in [0.15, 0.2) is 0 Å². The van der Waals surface area contributed by atoms with Crippen LogP contribution in [-0.4, -0.2) is 43.5 Å². The van der Waals surface area contributed by atoms with E-state index in [0.29, 0.717) is 18.1 Å². The van der Waals surface area contributed by atoms with Crippen LogP contribution in [0.15, 0.2) is 42.5 Å². The molecule has 3 rings (SSSR count). The van der Waals surface area contributed by atoms with Gasteiger partial charge in [-0.25, -0.2) is 8.78 Å². The molecule has 0 spiro atoms. The second-order valence-electron chi connectivity index (χ2n) is 5.91. The van der Waals surface area contributed by atoms with Crippen LogP contribution in [-0.2, 0) is 4.79 Å². The van der Waals surface area contributed by atoms with Crippen molar-refractivity contribution in [3.63, 3.8) is 0 Å². The Labute approximate surface area is 150 Å². The van der Waals surface area contributed by atoms with E-state index in [0.717, 1.165) is 18.8 Å². The quantitative estimate of drug-likeness (QED) is 0.902. The van der Waals surface area contributed by atoms with Crippen molar-refractivity contribution in [1.29, 1.82) is 0 Å². The molecule has 2 aromatic rings. The Morgan fingerprint density at radius 1 is 1.04 bits per heavy atom. The average Bonchev–Trinajstić information content (AvgIpc) is 2.59. The smallest absolute Gasteiger partial charge is 0.238 e. The van der Waals surface area contributed by atoms with Gasteiger partial charge in [-0.3, -0.25) is 9.69 Å². The number of anilines is 2. The summed E-state index contributed by atoms with van der Waals surface area (Å²) < 4.78 is 26.6. The van der Waals surface area contributed by atoms with E-state index in [2.05, 4.69) is 10.2 Å². The van der Waals surface area contributed by atoms with Crippen LogP contribution in [0, 0.1) is 11.6 Å². The monoisotopic (exact) mass is 365 g/mol. The summed E-state index contributed by atoms with van der Waals surface area (Å²) in [5, 5.41) is 2.92. The highest BCUT2D eigenvalue weighted by Gasteiger charge is 2.19. The molecule has 1 saturated heterocycles. The van der Waals surface area contributed by atoms with E-state index in [1.165, 1.54) is 30.3 Å². The first-order chi connectivity index (χ1) is 12.0. The molecule has 0 radical (unpaired) electrons.